The standard InChI is InChI=1S/C14H11BrN6O.CH4O/c15-12-10(5-22)21-14-11(12)13(18-6-19-14)20-8-1-2-9(17)7(3-8)4-16;1-2/h1-6,16H,17H2,(H2,18,19,20,21);2H,1H3. The lowest BCUT2D eigenvalue weighted by Crippen LogP contribution is -1.98. The number of hydrogen-bond acceptors (Lipinski definition) is 7. The van der Waals surface area contributed by atoms with Gasteiger partial charge >= 0.3 is 0 Å². The van der Waals surface area contributed by atoms with Crippen LogP contribution in [-0.4, -0.2) is 39.7 Å². The van der Waals surface area contributed by atoms with Gasteiger partial charge in [0.25, 0.3) is 0 Å². The van der Waals surface area contributed by atoms with Gasteiger partial charge in [-0.05, 0) is 34.1 Å². The molecule has 0 atom stereocenters. The Morgan fingerprint density at radius 1 is 1.38 bits per heavy atom. The van der Waals surface area contributed by atoms with Crippen LogP contribution in [0.1, 0.15) is 16.1 Å². The Hall–Kier alpha value is -2.78. The second-order valence-electron chi connectivity index (χ2n) is 4.53. The molecule has 3 aromatic rings. The molecular formula is C15H15BrN6O2. The average Bonchev–Trinajstić information content (AvgIpc) is 2.95. The zero-order chi connectivity index (χ0) is 17.7. The Labute approximate surface area is 145 Å². The van der Waals surface area contributed by atoms with E-state index in [9.17, 15) is 4.79 Å². The van der Waals surface area contributed by atoms with E-state index in [0.29, 0.717) is 44.6 Å². The predicted molar refractivity (Wildman–Crippen MR) is 97.1 cm³/mol. The minimum Gasteiger partial charge on any atom is -0.400 e. The number of fused-ring (bicyclic) bond motifs is 1. The molecule has 0 spiro atoms. The number of nitrogens with zero attached hydrogens (tertiary/aromatic N) is 2. The highest BCUT2D eigenvalue weighted by Crippen LogP contribution is 2.32. The first-order chi connectivity index (χ1) is 11.6. The number of aromatic amines is 1. The van der Waals surface area contributed by atoms with Crippen LogP contribution in [0.2, 0.25) is 0 Å². The number of aliphatic hydroxyl groups is 1. The van der Waals surface area contributed by atoms with Gasteiger partial charge in [-0.2, -0.15) is 0 Å². The van der Waals surface area contributed by atoms with Crippen molar-refractivity contribution >= 4 is 56.7 Å². The topological polar surface area (TPSA) is 141 Å². The molecular weight excluding hydrogens is 376 g/mol. The number of anilines is 3. The highest BCUT2D eigenvalue weighted by atomic mass is 79.9. The molecule has 2 heterocycles. The number of aliphatic hydroxyl groups excluding tert-OH is 1. The van der Waals surface area contributed by atoms with Crippen molar-refractivity contribution in [3.05, 3.63) is 40.3 Å². The first-order valence-electron chi connectivity index (χ1n) is 6.73. The largest absolute Gasteiger partial charge is 0.400 e. The third kappa shape index (κ3) is 3.26. The highest BCUT2D eigenvalue weighted by molar-refractivity contribution is 9.10. The van der Waals surface area contributed by atoms with Crippen LogP contribution in [0.3, 0.4) is 0 Å². The van der Waals surface area contributed by atoms with Crippen LogP contribution in [0.5, 0.6) is 0 Å². The molecule has 1 aromatic carbocycles. The van der Waals surface area contributed by atoms with Gasteiger partial charge in [-0.15, -0.1) is 0 Å². The number of aromatic nitrogens is 3. The van der Waals surface area contributed by atoms with Crippen LogP contribution >= 0.6 is 15.9 Å². The fraction of sp³-hybridized carbons (Fsp3) is 0.0667. The third-order valence-corrected chi connectivity index (χ3v) is 4.00. The van der Waals surface area contributed by atoms with Crippen molar-refractivity contribution in [2.45, 2.75) is 0 Å². The third-order valence-electron chi connectivity index (χ3n) is 3.18. The van der Waals surface area contributed by atoms with Gasteiger partial charge < -0.3 is 26.6 Å². The number of nitrogens with one attached hydrogen (secondary N) is 3. The Bertz CT molecular complexity index is 893. The lowest BCUT2D eigenvalue weighted by Gasteiger charge is -2.08. The molecule has 0 aliphatic carbocycles. The molecule has 24 heavy (non-hydrogen) atoms. The maximum Gasteiger partial charge on any atom is 0.167 e. The average molecular weight is 391 g/mol. The van der Waals surface area contributed by atoms with E-state index in [1.54, 1.807) is 18.2 Å². The van der Waals surface area contributed by atoms with Crippen LogP contribution in [0.25, 0.3) is 11.0 Å². The molecule has 0 unspecified atom stereocenters. The van der Waals surface area contributed by atoms with Crippen molar-refractivity contribution in [2.24, 2.45) is 0 Å². The molecule has 124 valence electrons. The van der Waals surface area contributed by atoms with Gasteiger partial charge in [-0.25, -0.2) is 9.97 Å². The van der Waals surface area contributed by atoms with Crippen LogP contribution in [0.15, 0.2) is 29.0 Å². The second kappa shape index (κ2) is 7.66. The van der Waals surface area contributed by atoms with Gasteiger partial charge in [-0.1, -0.05) is 0 Å². The molecule has 2 aromatic heterocycles. The van der Waals surface area contributed by atoms with Crippen LogP contribution in [0.4, 0.5) is 17.2 Å². The van der Waals surface area contributed by atoms with E-state index in [2.05, 4.69) is 36.2 Å². The zero-order valence-corrected chi connectivity index (χ0v) is 14.3. The van der Waals surface area contributed by atoms with E-state index in [4.69, 9.17) is 16.2 Å². The molecule has 0 saturated carbocycles. The molecule has 0 amide bonds. The molecule has 0 bridgehead atoms. The summed E-state index contributed by atoms with van der Waals surface area (Å²) in [5, 5.41) is 18.2. The summed E-state index contributed by atoms with van der Waals surface area (Å²) in [6.07, 6.45) is 3.30. The van der Waals surface area contributed by atoms with Crippen LogP contribution < -0.4 is 11.1 Å². The summed E-state index contributed by atoms with van der Waals surface area (Å²) in [7, 11) is 1.00. The lowest BCUT2D eigenvalue weighted by atomic mass is 10.1. The van der Waals surface area contributed by atoms with E-state index in [0.717, 1.165) is 12.8 Å². The Morgan fingerprint density at radius 2 is 2.12 bits per heavy atom. The number of rotatable bonds is 4. The summed E-state index contributed by atoms with van der Waals surface area (Å²) in [6, 6.07) is 5.25. The smallest absolute Gasteiger partial charge is 0.167 e. The Morgan fingerprint density at radius 3 is 2.79 bits per heavy atom. The second-order valence-corrected chi connectivity index (χ2v) is 5.32. The number of aldehydes is 1. The van der Waals surface area contributed by atoms with Crippen molar-refractivity contribution in [2.75, 3.05) is 18.2 Å². The van der Waals surface area contributed by atoms with E-state index < -0.39 is 0 Å². The van der Waals surface area contributed by atoms with Crippen LogP contribution in [0, 0.1) is 5.41 Å². The molecule has 0 fully saturated rings. The van der Waals surface area contributed by atoms with Crippen molar-refractivity contribution in [3.63, 3.8) is 0 Å². The minimum absolute atomic E-state index is 0.399. The zero-order valence-electron chi connectivity index (χ0n) is 12.7. The molecule has 9 heteroatoms. The Balaban J connectivity index is 0.00000100. The molecule has 3 rings (SSSR count). The molecule has 8 nitrogen and oxygen atoms in total. The van der Waals surface area contributed by atoms with E-state index in [1.165, 1.54) is 12.5 Å². The number of hydrogen-bond donors (Lipinski definition) is 5. The van der Waals surface area contributed by atoms with Gasteiger partial charge in [0.05, 0.1) is 15.6 Å². The van der Waals surface area contributed by atoms with Crippen molar-refractivity contribution in [3.8, 4) is 0 Å². The quantitative estimate of drug-likeness (QED) is 0.263. The van der Waals surface area contributed by atoms with Gasteiger partial charge in [0.1, 0.15) is 17.8 Å². The van der Waals surface area contributed by atoms with Gasteiger partial charge in [0, 0.05) is 30.3 Å². The Kier molecular flexibility index (Phi) is 5.61. The number of benzene rings is 1. The summed E-state index contributed by atoms with van der Waals surface area (Å²) >= 11 is 3.38. The highest BCUT2D eigenvalue weighted by Gasteiger charge is 2.14. The summed E-state index contributed by atoms with van der Waals surface area (Å²) in [4.78, 5) is 22.2. The minimum atomic E-state index is 0.399. The van der Waals surface area contributed by atoms with Crippen LogP contribution in [-0.2, 0) is 0 Å². The molecule has 0 aliphatic rings. The summed E-state index contributed by atoms with van der Waals surface area (Å²) in [5.74, 6) is 0.543. The normalized spacial score (nSPS) is 9.96. The summed E-state index contributed by atoms with van der Waals surface area (Å²) in [6.45, 7) is 0. The molecule has 0 radical (unpaired) electrons. The molecule has 0 saturated heterocycles. The number of halogens is 1. The van der Waals surface area contributed by atoms with Crippen molar-refractivity contribution in [1.82, 2.24) is 15.0 Å². The lowest BCUT2D eigenvalue weighted by molar-refractivity contribution is 0.111. The number of nitrogen functional groups attached to an aromatic ring is 1. The van der Waals surface area contributed by atoms with Crippen molar-refractivity contribution < 1.29 is 9.90 Å². The maximum absolute atomic E-state index is 11.0. The molecule has 0 aliphatic heterocycles. The van der Waals surface area contributed by atoms with E-state index in [-0.39, 0.29) is 0 Å². The summed E-state index contributed by atoms with van der Waals surface area (Å²) < 4.78 is 0.600. The van der Waals surface area contributed by atoms with Gasteiger partial charge in [-0.3, -0.25) is 4.79 Å². The van der Waals surface area contributed by atoms with Gasteiger partial charge in [0.2, 0.25) is 0 Å². The van der Waals surface area contributed by atoms with E-state index >= 15 is 0 Å². The molecule has 6 N–H and O–H groups in total. The number of carbonyl (C=O) groups excluding carboxylic acids is 1. The fourth-order valence-electron chi connectivity index (χ4n) is 2.10. The first-order valence-corrected chi connectivity index (χ1v) is 7.52. The van der Waals surface area contributed by atoms with E-state index in [1.807, 2.05) is 0 Å². The maximum atomic E-state index is 11.0. The monoisotopic (exact) mass is 390 g/mol. The predicted octanol–water partition coefficient (Wildman–Crippen LogP) is 2.46. The van der Waals surface area contributed by atoms with Gasteiger partial charge in [0.15, 0.2) is 6.29 Å². The number of carbonyl (C=O) groups is 1. The summed E-state index contributed by atoms with van der Waals surface area (Å²) in [5.41, 5.74) is 8.59. The first kappa shape index (κ1) is 17.6. The number of H-pyrrole nitrogens is 1. The SMILES string of the molecule is CO.N=Cc1cc(Nc2ncnc3[nH]c(C=O)c(Br)c23)ccc1N. The number of nitrogens with two attached hydrogens (primary N) is 1. The fourth-order valence-corrected chi connectivity index (χ4v) is 2.66. The van der Waals surface area contributed by atoms with Crippen molar-refractivity contribution in [1.29, 1.82) is 5.41 Å².